The molecule has 3 aromatic rings. The van der Waals surface area contributed by atoms with Gasteiger partial charge in [0.25, 0.3) is 0 Å². The summed E-state index contributed by atoms with van der Waals surface area (Å²) in [6.07, 6.45) is 1.35. The highest BCUT2D eigenvalue weighted by molar-refractivity contribution is 6.39. The first-order valence-electron chi connectivity index (χ1n) is 9.71. The summed E-state index contributed by atoms with van der Waals surface area (Å²) < 4.78 is 11.2. The van der Waals surface area contributed by atoms with Gasteiger partial charge in [-0.05, 0) is 42.3 Å². The van der Waals surface area contributed by atoms with Crippen molar-refractivity contribution in [3.05, 3.63) is 88.4 Å². The first kappa shape index (κ1) is 22.8. The topological polar surface area (TPSA) is 89.0 Å². The molecule has 0 aliphatic heterocycles. The summed E-state index contributed by atoms with van der Waals surface area (Å²) in [6, 6.07) is 20.0. The van der Waals surface area contributed by atoms with Crippen LogP contribution in [0.5, 0.6) is 11.5 Å². The van der Waals surface area contributed by atoms with E-state index in [2.05, 4.69) is 15.8 Å². The molecule has 0 aromatic heterocycles. The number of benzene rings is 3. The van der Waals surface area contributed by atoms with Gasteiger partial charge < -0.3 is 14.8 Å². The Hall–Kier alpha value is -3.84. The van der Waals surface area contributed by atoms with Gasteiger partial charge in [0.15, 0.2) is 11.5 Å². The molecule has 3 rings (SSSR count). The van der Waals surface area contributed by atoms with E-state index in [0.717, 1.165) is 11.1 Å². The van der Waals surface area contributed by atoms with Gasteiger partial charge in [0.2, 0.25) is 0 Å². The monoisotopic (exact) mass is 451 g/mol. The van der Waals surface area contributed by atoms with Crippen molar-refractivity contribution in [3.8, 4) is 11.5 Å². The first-order valence-corrected chi connectivity index (χ1v) is 10.1. The summed E-state index contributed by atoms with van der Waals surface area (Å²) in [7, 11) is 1.50. The summed E-state index contributed by atoms with van der Waals surface area (Å²) in [5, 5.41) is 6.64. The fourth-order valence-corrected chi connectivity index (χ4v) is 3.00. The second-order valence-corrected chi connectivity index (χ2v) is 7.23. The molecule has 7 nitrogen and oxygen atoms in total. The lowest BCUT2D eigenvalue weighted by molar-refractivity contribution is -0.136. The SMILES string of the molecule is COc1cc(/C=N\NC(=O)C(=O)Nc2ccc(C)cc2)cc(Cl)c1OCc1ccccc1. The summed E-state index contributed by atoms with van der Waals surface area (Å²) in [4.78, 5) is 23.9. The van der Waals surface area contributed by atoms with Gasteiger partial charge in [-0.2, -0.15) is 5.10 Å². The Kier molecular flexibility index (Phi) is 7.83. The average Bonchev–Trinajstić information content (AvgIpc) is 2.80. The predicted octanol–water partition coefficient (Wildman–Crippen LogP) is 4.32. The number of hydrazone groups is 1. The number of carbonyl (C=O) groups is 2. The van der Waals surface area contributed by atoms with Crippen LogP contribution in [0.3, 0.4) is 0 Å². The number of nitrogens with zero attached hydrogens (tertiary/aromatic N) is 1. The maximum atomic E-state index is 12.0. The molecule has 0 fully saturated rings. The quantitative estimate of drug-likeness (QED) is 0.318. The molecule has 0 radical (unpaired) electrons. The standard InChI is InChI=1S/C24H22ClN3O4/c1-16-8-10-19(11-9-16)27-23(29)24(30)28-26-14-18-12-20(25)22(21(13-18)31-2)32-15-17-6-4-3-5-7-17/h3-14H,15H2,1-2H3,(H,27,29)(H,28,30)/b26-14-. The van der Waals surface area contributed by atoms with Gasteiger partial charge in [0, 0.05) is 5.69 Å². The van der Waals surface area contributed by atoms with Crippen LogP contribution in [0.4, 0.5) is 5.69 Å². The zero-order chi connectivity index (χ0) is 22.9. The first-order chi connectivity index (χ1) is 15.5. The number of nitrogens with one attached hydrogen (secondary N) is 2. The van der Waals surface area contributed by atoms with Crippen LogP contribution in [0, 0.1) is 6.92 Å². The Balaban J connectivity index is 1.61. The number of amides is 2. The van der Waals surface area contributed by atoms with Crippen molar-refractivity contribution >= 4 is 35.3 Å². The molecule has 0 spiro atoms. The van der Waals surface area contributed by atoms with Crippen LogP contribution in [0.25, 0.3) is 0 Å². The zero-order valence-electron chi connectivity index (χ0n) is 17.6. The van der Waals surface area contributed by atoms with Gasteiger partial charge >= 0.3 is 11.8 Å². The molecule has 0 atom stereocenters. The van der Waals surface area contributed by atoms with Crippen molar-refractivity contribution in [3.63, 3.8) is 0 Å². The van der Waals surface area contributed by atoms with Crippen LogP contribution in [-0.2, 0) is 16.2 Å². The van der Waals surface area contributed by atoms with Gasteiger partial charge in [-0.25, -0.2) is 5.43 Å². The molecule has 0 saturated heterocycles. The minimum absolute atomic E-state index is 0.324. The predicted molar refractivity (Wildman–Crippen MR) is 124 cm³/mol. The van der Waals surface area contributed by atoms with Gasteiger partial charge in [0.1, 0.15) is 6.61 Å². The van der Waals surface area contributed by atoms with E-state index in [1.807, 2.05) is 49.4 Å². The highest BCUT2D eigenvalue weighted by atomic mass is 35.5. The van der Waals surface area contributed by atoms with E-state index in [1.165, 1.54) is 13.3 Å². The molecule has 2 N–H and O–H groups in total. The van der Waals surface area contributed by atoms with Gasteiger partial charge in [-0.1, -0.05) is 59.6 Å². The van der Waals surface area contributed by atoms with Crippen molar-refractivity contribution in [2.45, 2.75) is 13.5 Å². The van der Waals surface area contributed by atoms with Crippen LogP contribution in [0.15, 0.2) is 71.8 Å². The van der Waals surface area contributed by atoms with Crippen LogP contribution >= 0.6 is 11.6 Å². The highest BCUT2D eigenvalue weighted by Gasteiger charge is 2.14. The van der Waals surface area contributed by atoms with Crippen LogP contribution in [-0.4, -0.2) is 25.1 Å². The number of ether oxygens (including phenoxy) is 2. The summed E-state index contributed by atoms with van der Waals surface area (Å²) in [6.45, 7) is 2.26. The molecule has 0 saturated carbocycles. The van der Waals surface area contributed by atoms with Crippen molar-refractivity contribution in [2.24, 2.45) is 5.10 Å². The fourth-order valence-electron chi connectivity index (χ4n) is 2.73. The lowest BCUT2D eigenvalue weighted by Gasteiger charge is -2.13. The van der Waals surface area contributed by atoms with E-state index in [0.29, 0.717) is 34.4 Å². The van der Waals surface area contributed by atoms with E-state index in [-0.39, 0.29) is 0 Å². The Bertz CT molecular complexity index is 1120. The third-order valence-electron chi connectivity index (χ3n) is 4.37. The third-order valence-corrected chi connectivity index (χ3v) is 4.65. The number of halogens is 1. The van der Waals surface area contributed by atoms with Crippen LogP contribution < -0.4 is 20.2 Å². The van der Waals surface area contributed by atoms with Crippen molar-refractivity contribution < 1.29 is 19.1 Å². The highest BCUT2D eigenvalue weighted by Crippen LogP contribution is 2.36. The van der Waals surface area contributed by atoms with E-state index in [9.17, 15) is 9.59 Å². The zero-order valence-corrected chi connectivity index (χ0v) is 18.3. The maximum absolute atomic E-state index is 12.0. The number of anilines is 1. The normalized spacial score (nSPS) is 10.6. The fraction of sp³-hybridized carbons (Fsp3) is 0.125. The minimum Gasteiger partial charge on any atom is -0.493 e. The van der Waals surface area contributed by atoms with E-state index >= 15 is 0 Å². The summed E-state index contributed by atoms with van der Waals surface area (Å²) >= 11 is 6.35. The molecular formula is C24H22ClN3O4. The molecule has 0 aliphatic carbocycles. The van der Waals surface area contributed by atoms with Crippen LogP contribution in [0.2, 0.25) is 5.02 Å². The number of rotatable bonds is 7. The second-order valence-electron chi connectivity index (χ2n) is 6.83. The van der Waals surface area contributed by atoms with Gasteiger partial charge in [-0.3, -0.25) is 9.59 Å². The van der Waals surface area contributed by atoms with Crippen molar-refractivity contribution in [1.82, 2.24) is 5.43 Å². The lowest BCUT2D eigenvalue weighted by Crippen LogP contribution is -2.32. The Labute approximate surface area is 191 Å². The van der Waals surface area contributed by atoms with Crippen molar-refractivity contribution in [1.29, 1.82) is 0 Å². The second kappa shape index (κ2) is 11.0. The molecule has 0 bridgehead atoms. The molecule has 0 unspecified atom stereocenters. The number of aryl methyl sites for hydroxylation is 1. The van der Waals surface area contributed by atoms with Gasteiger partial charge in [-0.15, -0.1) is 0 Å². The Morgan fingerprint density at radius 2 is 1.75 bits per heavy atom. The molecular weight excluding hydrogens is 430 g/mol. The largest absolute Gasteiger partial charge is 0.493 e. The average molecular weight is 452 g/mol. The Morgan fingerprint density at radius 1 is 1.03 bits per heavy atom. The number of hydrogen-bond acceptors (Lipinski definition) is 5. The molecule has 0 heterocycles. The molecule has 0 aliphatic rings. The number of carbonyl (C=O) groups excluding carboxylic acids is 2. The molecule has 32 heavy (non-hydrogen) atoms. The summed E-state index contributed by atoms with van der Waals surface area (Å²) in [5.41, 5.74) is 5.29. The molecule has 3 aromatic carbocycles. The molecule has 2 amide bonds. The van der Waals surface area contributed by atoms with Crippen LogP contribution in [0.1, 0.15) is 16.7 Å². The molecule has 8 heteroatoms. The minimum atomic E-state index is -0.900. The van der Waals surface area contributed by atoms with Gasteiger partial charge in [0.05, 0.1) is 18.3 Å². The van der Waals surface area contributed by atoms with E-state index in [4.69, 9.17) is 21.1 Å². The maximum Gasteiger partial charge on any atom is 0.329 e. The van der Waals surface area contributed by atoms with E-state index < -0.39 is 11.8 Å². The summed E-state index contributed by atoms with van der Waals surface area (Å²) in [5.74, 6) is -0.913. The number of hydrogen-bond donors (Lipinski definition) is 2. The van der Waals surface area contributed by atoms with Crippen molar-refractivity contribution in [2.75, 3.05) is 12.4 Å². The Morgan fingerprint density at radius 3 is 2.44 bits per heavy atom. The van der Waals surface area contributed by atoms with E-state index in [1.54, 1.807) is 24.3 Å². The molecule has 164 valence electrons. The third kappa shape index (κ3) is 6.33. The number of methoxy groups -OCH3 is 1. The lowest BCUT2D eigenvalue weighted by atomic mass is 10.2. The smallest absolute Gasteiger partial charge is 0.329 e.